The maximum atomic E-state index is 5.80. The molecule has 86 valence electrons. The highest BCUT2D eigenvalue weighted by Gasteiger charge is 2.29. The van der Waals surface area contributed by atoms with Gasteiger partial charge in [0.25, 0.3) is 0 Å². The summed E-state index contributed by atoms with van der Waals surface area (Å²) in [6.07, 6.45) is 1.12. The standard InChI is InChI=1S/C12H21NOS/c1-6-9-8-15-11(13-9)10(14-7-2)12(3,4)5/h8,10H,6-7H2,1-5H3. The molecule has 3 heteroatoms. The maximum absolute atomic E-state index is 5.80. The molecule has 0 N–H and O–H groups in total. The predicted molar refractivity (Wildman–Crippen MR) is 65.3 cm³/mol. The van der Waals surface area contributed by atoms with E-state index in [1.165, 1.54) is 5.69 Å². The van der Waals surface area contributed by atoms with E-state index in [0.29, 0.717) is 0 Å². The van der Waals surface area contributed by atoms with Crippen molar-refractivity contribution < 1.29 is 4.74 Å². The van der Waals surface area contributed by atoms with Crippen LogP contribution in [0.3, 0.4) is 0 Å². The van der Waals surface area contributed by atoms with Gasteiger partial charge in [-0.3, -0.25) is 0 Å². The summed E-state index contributed by atoms with van der Waals surface area (Å²) in [5.74, 6) is 0. The molecule has 0 amide bonds. The summed E-state index contributed by atoms with van der Waals surface area (Å²) in [6, 6.07) is 0. The van der Waals surface area contributed by atoms with Crippen molar-refractivity contribution in [2.75, 3.05) is 6.61 Å². The van der Waals surface area contributed by atoms with Crippen LogP contribution in [-0.2, 0) is 11.2 Å². The van der Waals surface area contributed by atoms with Crippen molar-refractivity contribution in [3.63, 3.8) is 0 Å². The molecule has 1 aromatic heterocycles. The summed E-state index contributed by atoms with van der Waals surface area (Å²) in [4.78, 5) is 4.61. The number of ether oxygens (including phenoxy) is 1. The highest BCUT2D eigenvalue weighted by atomic mass is 32.1. The molecule has 0 aromatic carbocycles. The van der Waals surface area contributed by atoms with Crippen molar-refractivity contribution in [3.8, 4) is 0 Å². The first-order valence-electron chi connectivity index (χ1n) is 5.55. The molecule has 0 radical (unpaired) electrons. The van der Waals surface area contributed by atoms with Crippen LogP contribution in [0, 0.1) is 5.41 Å². The van der Waals surface area contributed by atoms with Crippen molar-refractivity contribution in [1.29, 1.82) is 0 Å². The molecule has 1 aromatic rings. The first-order valence-corrected chi connectivity index (χ1v) is 6.42. The van der Waals surface area contributed by atoms with Gasteiger partial charge in [-0.05, 0) is 18.8 Å². The molecule has 0 aliphatic carbocycles. The Hall–Kier alpha value is -0.410. The van der Waals surface area contributed by atoms with Crippen LogP contribution >= 0.6 is 11.3 Å². The summed E-state index contributed by atoms with van der Waals surface area (Å²) in [6.45, 7) is 11.5. The van der Waals surface area contributed by atoms with Gasteiger partial charge < -0.3 is 4.74 Å². The van der Waals surface area contributed by atoms with Gasteiger partial charge in [0.1, 0.15) is 11.1 Å². The summed E-state index contributed by atoms with van der Waals surface area (Å²) < 4.78 is 5.80. The molecule has 0 saturated heterocycles. The van der Waals surface area contributed by atoms with E-state index in [9.17, 15) is 0 Å². The number of rotatable bonds is 4. The zero-order valence-electron chi connectivity index (χ0n) is 10.3. The van der Waals surface area contributed by atoms with Gasteiger partial charge in [-0.15, -0.1) is 11.3 Å². The number of hydrogen-bond donors (Lipinski definition) is 0. The molecule has 0 spiro atoms. The van der Waals surface area contributed by atoms with Crippen LogP contribution in [0.2, 0.25) is 0 Å². The second kappa shape index (κ2) is 5.08. The third kappa shape index (κ3) is 3.28. The minimum atomic E-state index is 0.110. The number of nitrogens with zero attached hydrogens (tertiary/aromatic N) is 1. The van der Waals surface area contributed by atoms with E-state index < -0.39 is 0 Å². The second-order valence-corrected chi connectivity index (χ2v) is 5.62. The second-order valence-electron chi connectivity index (χ2n) is 4.73. The number of aryl methyl sites for hydroxylation is 1. The molecule has 0 bridgehead atoms. The average Bonchev–Trinajstić information content (AvgIpc) is 2.60. The summed E-state index contributed by atoms with van der Waals surface area (Å²) in [7, 11) is 0. The lowest BCUT2D eigenvalue weighted by atomic mass is 9.89. The van der Waals surface area contributed by atoms with Gasteiger partial charge in [0.15, 0.2) is 0 Å². The Bertz CT molecular complexity index is 301. The summed E-state index contributed by atoms with van der Waals surface area (Å²) in [5.41, 5.74) is 1.28. The molecule has 1 atom stereocenters. The van der Waals surface area contributed by atoms with E-state index in [-0.39, 0.29) is 11.5 Å². The van der Waals surface area contributed by atoms with Crippen LogP contribution in [0.5, 0.6) is 0 Å². The minimum Gasteiger partial charge on any atom is -0.371 e. The van der Waals surface area contributed by atoms with E-state index in [1.54, 1.807) is 11.3 Å². The maximum Gasteiger partial charge on any atom is 0.122 e. The highest BCUT2D eigenvalue weighted by molar-refractivity contribution is 7.09. The Morgan fingerprint density at radius 1 is 1.40 bits per heavy atom. The van der Waals surface area contributed by atoms with E-state index >= 15 is 0 Å². The average molecular weight is 227 g/mol. The van der Waals surface area contributed by atoms with Crippen LogP contribution < -0.4 is 0 Å². The van der Waals surface area contributed by atoms with Crippen LogP contribution in [0.1, 0.15) is 51.4 Å². The Morgan fingerprint density at radius 3 is 2.47 bits per heavy atom. The lowest BCUT2D eigenvalue weighted by molar-refractivity contribution is -0.0134. The molecule has 15 heavy (non-hydrogen) atoms. The quantitative estimate of drug-likeness (QED) is 0.780. The van der Waals surface area contributed by atoms with Gasteiger partial charge in [0.2, 0.25) is 0 Å². The van der Waals surface area contributed by atoms with Crippen LogP contribution in [-0.4, -0.2) is 11.6 Å². The SMILES string of the molecule is CCOC(c1nc(CC)cs1)C(C)(C)C. The molecule has 1 rings (SSSR count). The van der Waals surface area contributed by atoms with Gasteiger partial charge in [-0.25, -0.2) is 4.98 Å². The van der Waals surface area contributed by atoms with Crippen LogP contribution in [0.4, 0.5) is 0 Å². The fraction of sp³-hybridized carbons (Fsp3) is 0.750. The van der Waals surface area contributed by atoms with Crippen molar-refractivity contribution in [2.24, 2.45) is 5.41 Å². The van der Waals surface area contributed by atoms with Gasteiger partial charge in [-0.1, -0.05) is 27.7 Å². The van der Waals surface area contributed by atoms with E-state index in [0.717, 1.165) is 18.0 Å². The Kier molecular flexibility index (Phi) is 4.29. The molecule has 0 fully saturated rings. The van der Waals surface area contributed by atoms with Crippen LogP contribution in [0.15, 0.2) is 5.38 Å². The van der Waals surface area contributed by atoms with Crippen molar-refractivity contribution in [3.05, 3.63) is 16.1 Å². The third-order valence-corrected chi connectivity index (χ3v) is 3.21. The first kappa shape index (κ1) is 12.7. The fourth-order valence-corrected chi connectivity index (χ4v) is 2.66. The third-order valence-electron chi connectivity index (χ3n) is 2.28. The molecule has 0 saturated carbocycles. The zero-order chi connectivity index (χ0) is 11.5. The van der Waals surface area contributed by atoms with Gasteiger partial charge in [0.05, 0.1) is 5.69 Å². The first-order chi connectivity index (χ1) is 6.99. The fourth-order valence-electron chi connectivity index (χ4n) is 1.46. The lowest BCUT2D eigenvalue weighted by Gasteiger charge is -2.28. The molecule has 1 heterocycles. The Balaban J connectivity index is 2.88. The van der Waals surface area contributed by atoms with E-state index in [4.69, 9.17) is 4.74 Å². The van der Waals surface area contributed by atoms with Gasteiger partial charge >= 0.3 is 0 Å². The largest absolute Gasteiger partial charge is 0.371 e. The minimum absolute atomic E-state index is 0.110. The Morgan fingerprint density at radius 2 is 2.07 bits per heavy atom. The highest BCUT2D eigenvalue weighted by Crippen LogP contribution is 2.37. The summed E-state index contributed by atoms with van der Waals surface area (Å²) >= 11 is 1.71. The number of hydrogen-bond acceptors (Lipinski definition) is 3. The number of thiazole rings is 1. The number of aromatic nitrogens is 1. The van der Waals surface area contributed by atoms with Crippen molar-refractivity contribution in [2.45, 2.75) is 47.1 Å². The topological polar surface area (TPSA) is 22.1 Å². The van der Waals surface area contributed by atoms with Crippen molar-refractivity contribution >= 4 is 11.3 Å². The van der Waals surface area contributed by atoms with E-state index in [2.05, 4.69) is 38.1 Å². The molecule has 1 unspecified atom stereocenters. The van der Waals surface area contributed by atoms with Crippen LogP contribution in [0.25, 0.3) is 0 Å². The monoisotopic (exact) mass is 227 g/mol. The van der Waals surface area contributed by atoms with Gasteiger partial charge in [-0.2, -0.15) is 0 Å². The Labute approximate surface area is 96.7 Å². The van der Waals surface area contributed by atoms with Gasteiger partial charge in [0, 0.05) is 12.0 Å². The zero-order valence-corrected chi connectivity index (χ0v) is 11.1. The predicted octanol–water partition coefficient (Wildman–Crippen LogP) is 3.83. The lowest BCUT2D eigenvalue weighted by Crippen LogP contribution is -2.21. The normalized spacial score (nSPS) is 14.2. The molecule has 2 nitrogen and oxygen atoms in total. The smallest absolute Gasteiger partial charge is 0.122 e. The molecular weight excluding hydrogens is 206 g/mol. The van der Waals surface area contributed by atoms with E-state index in [1.807, 2.05) is 6.92 Å². The summed E-state index contributed by atoms with van der Waals surface area (Å²) in [5, 5.41) is 3.24. The van der Waals surface area contributed by atoms with Crippen molar-refractivity contribution in [1.82, 2.24) is 4.98 Å². The molecule has 0 aliphatic rings. The molecular formula is C12H21NOS. The molecule has 0 aliphatic heterocycles.